The van der Waals surface area contributed by atoms with Crippen LogP contribution < -0.4 is 5.32 Å². The summed E-state index contributed by atoms with van der Waals surface area (Å²) in [5.74, 6) is 0.431. The first-order chi connectivity index (χ1) is 9.08. The van der Waals surface area contributed by atoms with Gasteiger partial charge in [0.2, 0.25) is 0 Å². The third kappa shape index (κ3) is 3.77. The molecule has 1 saturated carbocycles. The molecule has 0 amide bonds. The van der Waals surface area contributed by atoms with Crippen LogP contribution in [0.2, 0.25) is 0 Å². The van der Waals surface area contributed by atoms with E-state index in [1.165, 1.54) is 25.0 Å². The Balaban J connectivity index is 2.03. The molecule has 1 aromatic carbocycles. The molecule has 2 N–H and O–H groups in total. The van der Waals surface area contributed by atoms with Crippen LogP contribution in [0.5, 0.6) is 0 Å². The summed E-state index contributed by atoms with van der Waals surface area (Å²) in [6.45, 7) is 4.61. The van der Waals surface area contributed by atoms with Crippen LogP contribution in [0.3, 0.4) is 0 Å². The lowest BCUT2D eigenvalue weighted by atomic mass is 9.95. The van der Waals surface area contributed by atoms with Crippen molar-refractivity contribution >= 4 is 0 Å². The standard InChI is InChI=1S/C16H24FNO/c1-3-16(19,4-2)11-18-15(12-5-6-12)13-7-9-14(17)10-8-13/h7-10,12,15,18-19H,3-6,11H2,1-2H3. The molecule has 0 spiro atoms. The molecule has 0 aliphatic heterocycles. The minimum Gasteiger partial charge on any atom is -0.389 e. The van der Waals surface area contributed by atoms with E-state index in [2.05, 4.69) is 5.32 Å². The molecule has 1 aliphatic rings. The normalized spacial score (nSPS) is 17.5. The number of rotatable bonds is 7. The van der Waals surface area contributed by atoms with E-state index in [0.29, 0.717) is 12.5 Å². The molecule has 1 unspecified atom stereocenters. The Hall–Kier alpha value is -0.930. The van der Waals surface area contributed by atoms with Gasteiger partial charge in [0.1, 0.15) is 5.82 Å². The van der Waals surface area contributed by atoms with Crippen LogP contribution in [-0.4, -0.2) is 17.3 Å². The molecule has 1 aliphatic carbocycles. The maximum Gasteiger partial charge on any atom is 0.123 e. The quantitative estimate of drug-likeness (QED) is 0.791. The Morgan fingerprint density at radius 1 is 1.26 bits per heavy atom. The average Bonchev–Trinajstić information content (AvgIpc) is 3.25. The van der Waals surface area contributed by atoms with Crippen molar-refractivity contribution in [2.45, 2.75) is 51.2 Å². The summed E-state index contributed by atoms with van der Waals surface area (Å²) in [5.41, 5.74) is 0.492. The summed E-state index contributed by atoms with van der Waals surface area (Å²) in [4.78, 5) is 0. The van der Waals surface area contributed by atoms with E-state index in [1.807, 2.05) is 26.0 Å². The number of hydrogen-bond acceptors (Lipinski definition) is 2. The van der Waals surface area contributed by atoms with Crippen molar-refractivity contribution in [1.82, 2.24) is 5.32 Å². The first kappa shape index (κ1) is 14.5. The third-order valence-electron chi connectivity index (χ3n) is 4.29. The largest absolute Gasteiger partial charge is 0.389 e. The monoisotopic (exact) mass is 265 g/mol. The average molecular weight is 265 g/mol. The zero-order valence-electron chi connectivity index (χ0n) is 11.8. The van der Waals surface area contributed by atoms with Crippen molar-refractivity contribution < 1.29 is 9.50 Å². The molecule has 19 heavy (non-hydrogen) atoms. The highest BCUT2D eigenvalue weighted by Crippen LogP contribution is 2.41. The van der Waals surface area contributed by atoms with Crippen LogP contribution in [0, 0.1) is 11.7 Å². The lowest BCUT2D eigenvalue weighted by molar-refractivity contribution is 0.0291. The Morgan fingerprint density at radius 2 is 1.84 bits per heavy atom. The minimum atomic E-state index is -0.632. The van der Waals surface area contributed by atoms with E-state index in [-0.39, 0.29) is 11.9 Å². The molecular formula is C16H24FNO. The second-order valence-electron chi connectivity index (χ2n) is 5.68. The van der Waals surface area contributed by atoms with Gasteiger partial charge in [0.25, 0.3) is 0 Å². The van der Waals surface area contributed by atoms with Gasteiger partial charge in [-0.05, 0) is 49.3 Å². The highest BCUT2D eigenvalue weighted by atomic mass is 19.1. The van der Waals surface area contributed by atoms with E-state index >= 15 is 0 Å². The fourth-order valence-corrected chi connectivity index (χ4v) is 2.46. The molecule has 0 aromatic heterocycles. The molecule has 0 radical (unpaired) electrons. The lowest BCUT2D eigenvalue weighted by Crippen LogP contribution is -2.41. The Bertz CT molecular complexity index is 396. The summed E-state index contributed by atoms with van der Waals surface area (Å²) in [6, 6.07) is 6.96. The van der Waals surface area contributed by atoms with Gasteiger partial charge in [-0.25, -0.2) is 4.39 Å². The fourth-order valence-electron chi connectivity index (χ4n) is 2.46. The molecule has 3 heteroatoms. The fraction of sp³-hybridized carbons (Fsp3) is 0.625. The van der Waals surface area contributed by atoms with Gasteiger partial charge < -0.3 is 10.4 Å². The first-order valence-corrected chi connectivity index (χ1v) is 7.29. The Labute approximate surface area is 115 Å². The Kier molecular flexibility index (Phi) is 4.58. The van der Waals surface area contributed by atoms with Crippen LogP contribution in [0.15, 0.2) is 24.3 Å². The zero-order chi connectivity index (χ0) is 13.9. The maximum atomic E-state index is 13.0. The van der Waals surface area contributed by atoms with Crippen molar-refractivity contribution in [3.63, 3.8) is 0 Å². The number of aliphatic hydroxyl groups is 1. The van der Waals surface area contributed by atoms with Gasteiger partial charge >= 0.3 is 0 Å². The molecule has 1 fully saturated rings. The van der Waals surface area contributed by atoms with Gasteiger partial charge in [-0.3, -0.25) is 0 Å². The molecule has 1 aromatic rings. The second kappa shape index (κ2) is 6.02. The van der Waals surface area contributed by atoms with Gasteiger partial charge in [0, 0.05) is 12.6 Å². The summed E-state index contributed by atoms with van der Waals surface area (Å²) >= 11 is 0. The predicted octanol–water partition coefficient (Wildman–Crippen LogP) is 3.42. The lowest BCUT2D eigenvalue weighted by Gasteiger charge is -2.29. The molecule has 0 heterocycles. The van der Waals surface area contributed by atoms with E-state index in [4.69, 9.17) is 0 Å². The van der Waals surface area contributed by atoms with Crippen LogP contribution in [0.4, 0.5) is 4.39 Å². The summed E-state index contributed by atoms with van der Waals surface area (Å²) < 4.78 is 13.0. The number of hydrogen-bond donors (Lipinski definition) is 2. The number of nitrogens with one attached hydrogen (secondary N) is 1. The van der Waals surface area contributed by atoms with Crippen LogP contribution in [0.1, 0.15) is 51.1 Å². The molecule has 0 bridgehead atoms. The second-order valence-corrected chi connectivity index (χ2v) is 5.68. The minimum absolute atomic E-state index is 0.197. The van der Waals surface area contributed by atoms with Gasteiger partial charge in [0.15, 0.2) is 0 Å². The van der Waals surface area contributed by atoms with Crippen molar-refractivity contribution in [2.24, 2.45) is 5.92 Å². The third-order valence-corrected chi connectivity index (χ3v) is 4.29. The molecule has 2 nitrogen and oxygen atoms in total. The van der Waals surface area contributed by atoms with Gasteiger partial charge in [0.05, 0.1) is 5.60 Å². The van der Waals surface area contributed by atoms with Crippen LogP contribution in [0.25, 0.3) is 0 Å². The molecular weight excluding hydrogens is 241 g/mol. The van der Waals surface area contributed by atoms with Gasteiger partial charge in [-0.2, -0.15) is 0 Å². The van der Waals surface area contributed by atoms with E-state index in [1.54, 1.807) is 0 Å². The van der Waals surface area contributed by atoms with Crippen molar-refractivity contribution in [2.75, 3.05) is 6.54 Å². The van der Waals surface area contributed by atoms with Crippen molar-refractivity contribution in [3.05, 3.63) is 35.6 Å². The Morgan fingerprint density at radius 3 is 2.32 bits per heavy atom. The molecule has 1 atom stereocenters. The summed E-state index contributed by atoms with van der Waals surface area (Å²) in [5, 5.41) is 13.8. The van der Waals surface area contributed by atoms with Crippen LogP contribution in [-0.2, 0) is 0 Å². The highest BCUT2D eigenvalue weighted by molar-refractivity contribution is 5.22. The van der Waals surface area contributed by atoms with Crippen molar-refractivity contribution in [1.29, 1.82) is 0 Å². The first-order valence-electron chi connectivity index (χ1n) is 7.29. The summed E-state index contributed by atoms with van der Waals surface area (Å²) in [6.07, 6.45) is 3.92. The van der Waals surface area contributed by atoms with E-state index in [0.717, 1.165) is 18.4 Å². The predicted molar refractivity (Wildman–Crippen MR) is 75.4 cm³/mol. The van der Waals surface area contributed by atoms with E-state index in [9.17, 15) is 9.50 Å². The number of halogens is 1. The molecule has 2 rings (SSSR count). The highest BCUT2D eigenvalue weighted by Gasteiger charge is 2.33. The molecule has 0 saturated heterocycles. The summed E-state index contributed by atoms with van der Waals surface area (Å²) in [7, 11) is 0. The van der Waals surface area contributed by atoms with Gasteiger partial charge in [-0.1, -0.05) is 26.0 Å². The molecule has 106 valence electrons. The zero-order valence-corrected chi connectivity index (χ0v) is 11.8. The smallest absolute Gasteiger partial charge is 0.123 e. The van der Waals surface area contributed by atoms with Crippen molar-refractivity contribution in [3.8, 4) is 0 Å². The SMILES string of the molecule is CCC(O)(CC)CNC(c1ccc(F)cc1)C1CC1. The maximum absolute atomic E-state index is 13.0. The van der Waals surface area contributed by atoms with E-state index < -0.39 is 5.60 Å². The topological polar surface area (TPSA) is 32.3 Å². The van der Waals surface area contributed by atoms with Crippen LogP contribution >= 0.6 is 0 Å². The number of benzene rings is 1. The van der Waals surface area contributed by atoms with Gasteiger partial charge in [-0.15, -0.1) is 0 Å².